The van der Waals surface area contributed by atoms with E-state index >= 15 is 0 Å². The van der Waals surface area contributed by atoms with Crippen LogP contribution in [0.2, 0.25) is 0 Å². The summed E-state index contributed by atoms with van der Waals surface area (Å²) in [6.45, 7) is 1.99. The van der Waals surface area contributed by atoms with Gasteiger partial charge < -0.3 is 10.2 Å². The van der Waals surface area contributed by atoms with Crippen LogP contribution in [0.25, 0.3) is 0 Å². The van der Waals surface area contributed by atoms with Gasteiger partial charge in [-0.25, -0.2) is 0 Å². The molecule has 1 aliphatic rings. The van der Waals surface area contributed by atoms with Gasteiger partial charge >= 0.3 is 6.18 Å². The van der Waals surface area contributed by atoms with E-state index in [-0.39, 0.29) is 23.9 Å². The number of pyridine rings is 1. The Hall–Kier alpha value is -2.94. The molecule has 0 atom stereocenters. The van der Waals surface area contributed by atoms with Gasteiger partial charge in [0.05, 0.1) is 12.1 Å². The van der Waals surface area contributed by atoms with Crippen LogP contribution >= 0.6 is 0 Å². The first kappa shape index (κ1) is 19.8. The summed E-state index contributed by atoms with van der Waals surface area (Å²) in [4.78, 5) is 31.3. The molecular weight excluding hydrogens is 373 g/mol. The number of nitrogens with one attached hydrogen (secondary N) is 1. The summed E-state index contributed by atoms with van der Waals surface area (Å²) in [5, 5.41) is 2.81. The number of carbonyl (C=O) groups excluding carboxylic acids is 2. The minimum absolute atomic E-state index is 0.114. The molecule has 6 nitrogen and oxygen atoms in total. The zero-order chi connectivity index (χ0) is 20.1. The maximum Gasteiger partial charge on any atom is 0.433 e. The molecule has 2 heterocycles. The molecule has 1 fully saturated rings. The largest absolute Gasteiger partial charge is 0.433 e. The molecular formula is C19H19F3N4O2. The maximum absolute atomic E-state index is 12.6. The van der Waals surface area contributed by atoms with E-state index in [1.54, 1.807) is 17.0 Å². The van der Waals surface area contributed by atoms with Crippen molar-refractivity contribution in [2.24, 2.45) is 0 Å². The van der Waals surface area contributed by atoms with Crippen LogP contribution < -0.4 is 5.32 Å². The predicted octanol–water partition coefficient (Wildman–Crippen LogP) is 2.50. The van der Waals surface area contributed by atoms with Crippen molar-refractivity contribution < 1.29 is 22.8 Å². The van der Waals surface area contributed by atoms with Gasteiger partial charge in [0, 0.05) is 38.1 Å². The van der Waals surface area contributed by atoms with E-state index < -0.39 is 11.9 Å². The molecule has 0 radical (unpaired) electrons. The fourth-order valence-corrected chi connectivity index (χ4v) is 2.90. The molecule has 1 saturated heterocycles. The second-order valence-corrected chi connectivity index (χ2v) is 6.41. The van der Waals surface area contributed by atoms with Gasteiger partial charge in [-0.1, -0.05) is 18.2 Å². The maximum atomic E-state index is 12.6. The molecule has 0 unspecified atom stereocenters. The fourth-order valence-electron chi connectivity index (χ4n) is 2.90. The SMILES string of the molecule is O=C(CN1CCN(C(=O)c2ccc(C(F)(F)F)nc2)CC1)Nc1ccccc1. The van der Waals surface area contributed by atoms with Crippen molar-refractivity contribution in [3.05, 3.63) is 59.9 Å². The summed E-state index contributed by atoms with van der Waals surface area (Å²) in [5.41, 5.74) is -0.197. The van der Waals surface area contributed by atoms with Crippen LogP contribution in [0.3, 0.4) is 0 Å². The van der Waals surface area contributed by atoms with E-state index in [2.05, 4.69) is 10.3 Å². The topological polar surface area (TPSA) is 65.5 Å². The number of benzene rings is 1. The Kier molecular flexibility index (Phi) is 5.93. The van der Waals surface area contributed by atoms with Gasteiger partial charge in [0.15, 0.2) is 0 Å². The highest BCUT2D eigenvalue weighted by molar-refractivity contribution is 5.94. The number of piperazine rings is 1. The number of rotatable bonds is 4. The van der Waals surface area contributed by atoms with Crippen LogP contribution in [0.5, 0.6) is 0 Å². The summed E-state index contributed by atoms with van der Waals surface area (Å²) in [7, 11) is 0. The molecule has 2 aromatic rings. The van der Waals surface area contributed by atoms with Crippen molar-refractivity contribution in [2.45, 2.75) is 6.18 Å². The van der Waals surface area contributed by atoms with Crippen molar-refractivity contribution in [2.75, 3.05) is 38.0 Å². The number of carbonyl (C=O) groups is 2. The molecule has 1 aromatic heterocycles. The highest BCUT2D eigenvalue weighted by Gasteiger charge is 2.32. The third kappa shape index (κ3) is 5.07. The molecule has 2 amide bonds. The zero-order valence-corrected chi connectivity index (χ0v) is 14.9. The second-order valence-electron chi connectivity index (χ2n) is 6.41. The van der Waals surface area contributed by atoms with E-state index in [9.17, 15) is 22.8 Å². The Labute approximate surface area is 160 Å². The van der Waals surface area contributed by atoms with Crippen LogP contribution in [0.1, 0.15) is 16.1 Å². The second kappa shape index (κ2) is 8.39. The molecule has 148 valence electrons. The zero-order valence-electron chi connectivity index (χ0n) is 14.9. The predicted molar refractivity (Wildman–Crippen MR) is 96.7 cm³/mol. The first-order chi connectivity index (χ1) is 13.3. The summed E-state index contributed by atoms with van der Waals surface area (Å²) >= 11 is 0. The van der Waals surface area contributed by atoms with E-state index in [1.807, 2.05) is 23.1 Å². The molecule has 28 heavy (non-hydrogen) atoms. The average molecular weight is 392 g/mol. The van der Waals surface area contributed by atoms with Crippen molar-refractivity contribution in [1.82, 2.24) is 14.8 Å². The first-order valence-corrected chi connectivity index (χ1v) is 8.73. The van der Waals surface area contributed by atoms with E-state index in [1.165, 1.54) is 0 Å². The monoisotopic (exact) mass is 392 g/mol. The number of amides is 2. The number of para-hydroxylation sites is 1. The lowest BCUT2D eigenvalue weighted by Gasteiger charge is -2.34. The third-order valence-corrected chi connectivity index (χ3v) is 4.39. The van der Waals surface area contributed by atoms with Gasteiger partial charge in [-0.3, -0.25) is 19.5 Å². The highest BCUT2D eigenvalue weighted by atomic mass is 19.4. The summed E-state index contributed by atoms with van der Waals surface area (Å²) in [6.07, 6.45) is -3.58. The Balaban J connectivity index is 1.49. The van der Waals surface area contributed by atoms with Gasteiger partial charge in [-0.2, -0.15) is 13.2 Å². The van der Waals surface area contributed by atoms with Gasteiger partial charge in [0.25, 0.3) is 5.91 Å². The number of anilines is 1. The minimum atomic E-state index is -4.53. The Bertz CT molecular complexity index is 817. The molecule has 0 saturated carbocycles. The van der Waals surface area contributed by atoms with Crippen LogP contribution in [0.15, 0.2) is 48.7 Å². The number of nitrogens with zero attached hydrogens (tertiary/aromatic N) is 3. The van der Waals surface area contributed by atoms with Crippen molar-refractivity contribution >= 4 is 17.5 Å². The lowest BCUT2D eigenvalue weighted by atomic mass is 10.2. The fraction of sp³-hybridized carbons (Fsp3) is 0.316. The molecule has 1 aliphatic heterocycles. The molecule has 0 aliphatic carbocycles. The van der Waals surface area contributed by atoms with Crippen LogP contribution in [0, 0.1) is 0 Å². The summed E-state index contributed by atoms with van der Waals surface area (Å²) in [5.74, 6) is -0.507. The molecule has 1 N–H and O–H groups in total. The Morgan fingerprint density at radius 2 is 1.68 bits per heavy atom. The van der Waals surface area contributed by atoms with Crippen LogP contribution in [0.4, 0.5) is 18.9 Å². The number of alkyl halides is 3. The lowest BCUT2D eigenvalue weighted by Crippen LogP contribution is -2.50. The molecule has 9 heteroatoms. The molecule has 3 rings (SSSR count). The average Bonchev–Trinajstić information content (AvgIpc) is 2.68. The van der Waals surface area contributed by atoms with E-state index in [0.29, 0.717) is 26.2 Å². The van der Waals surface area contributed by atoms with Crippen molar-refractivity contribution in [1.29, 1.82) is 0 Å². The van der Waals surface area contributed by atoms with E-state index in [4.69, 9.17) is 0 Å². The normalized spacial score (nSPS) is 15.3. The van der Waals surface area contributed by atoms with Crippen LogP contribution in [-0.4, -0.2) is 59.3 Å². The number of hydrogen-bond donors (Lipinski definition) is 1. The lowest BCUT2D eigenvalue weighted by molar-refractivity contribution is -0.141. The van der Waals surface area contributed by atoms with E-state index in [0.717, 1.165) is 24.0 Å². The standard InChI is InChI=1S/C19H19F3N4O2/c20-19(21,22)16-7-6-14(12-23-16)18(28)26-10-8-25(9-11-26)13-17(27)24-15-4-2-1-3-5-15/h1-7,12H,8-11,13H2,(H,24,27). The Morgan fingerprint density at radius 3 is 2.25 bits per heavy atom. The summed E-state index contributed by atoms with van der Waals surface area (Å²) in [6, 6.07) is 11.1. The Morgan fingerprint density at radius 1 is 1.00 bits per heavy atom. The minimum Gasteiger partial charge on any atom is -0.336 e. The van der Waals surface area contributed by atoms with Crippen LogP contribution in [-0.2, 0) is 11.0 Å². The number of hydrogen-bond acceptors (Lipinski definition) is 4. The first-order valence-electron chi connectivity index (χ1n) is 8.73. The van der Waals surface area contributed by atoms with Crippen molar-refractivity contribution in [3.63, 3.8) is 0 Å². The quantitative estimate of drug-likeness (QED) is 0.868. The third-order valence-electron chi connectivity index (χ3n) is 4.39. The molecule has 0 bridgehead atoms. The van der Waals surface area contributed by atoms with Crippen molar-refractivity contribution in [3.8, 4) is 0 Å². The number of halogens is 3. The highest BCUT2D eigenvalue weighted by Crippen LogP contribution is 2.27. The van der Waals surface area contributed by atoms with Gasteiger partial charge in [-0.05, 0) is 24.3 Å². The van der Waals surface area contributed by atoms with Gasteiger partial charge in [-0.15, -0.1) is 0 Å². The molecule has 1 aromatic carbocycles. The van der Waals surface area contributed by atoms with Gasteiger partial charge in [0.1, 0.15) is 5.69 Å². The van der Waals surface area contributed by atoms with Gasteiger partial charge in [0.2, 0.25) is 5.91 Å². The summed E-state index contributed by atoms with van der Waals surface area (Å²) < 4.78 is 37.7. The smallest absolute Gasteiger partial charge is 0.336 e. The number of aromatic nitrogens is 1. The molecule has 0 spiro atoms.